The van der Waals surface area contributed by atoms with Crippen molar-refractivity contribution in [1.29, 1.82) is 0 Å². The van der Waals surface area contributed by atoms with Gasteiger partial charge in [0.2, 0.25) is 5.91 Å². The molecule has 1 aromatic heterocycles. The fourth-order valence-electron chi connectivity index (χ4n) is 4.36. The van der Waals surface area contributed by atoms with Crippen LogP contribution in [0.15, 0.2) is 77.8 Å². The zero-order valence-electron chi connectivity index (χ0n) is 20.2. The number of rotatable bonds is 10. The molecule has 188 valence electrons. The summed E-state index contributed by atoms with van der Waals surface area (Å²) in [6.45, 7) is -0.352. The van der Waals surface area contributed by atoms with E-state index in [0.717, 1.165) is 21.7 Å². The van der Waals surface area contributed by atoms with Crippen molar-refractivity contribution in [3.8, 4) is 0 Å². The first-order chi connectivity index (χ1) is 17.5. The Kier molecular flexibility index (Phi) is 8.53. The zero-order valence-corrected chi connectivity index (χ0v) is 21.0. The molecular weight excluding hydrogens is 474 g/mol. The molecule has 2 amide bonds. The fourth-order valence-corrected chi connectivity index (χ4v) is 5.38. The number of carbonyl (C=O) groups excluding carboxylic acids is 2. The maximum absolute atomic E-state index is 13.2. The number of aliphatic hydroxyl groups is 2. The van der Waals surface area contributed by atoms with E-state index >= 15 is 0 Å². The standard InChI is InChI=1S/C28H31N3O4S/c1-31-15-21(26(34)29-22(16-32)12-19-8-4-2-5-9-19)14-24-25(18-36-28(24)31)27(35)30-23(17-33)13-20-10-6-3-7-11-20/h2-11,15,18,22-23,32-33H,12-14,16-17H2,1H3,(H,29,34)(H,30,35). The van der Waals surface area contributed by atoms with Gasteiger partial charge in [-0.1, -0.05) is 60.7 Å². The lowest BCUT2D eigenvalue weighted by molar-refractivity contribution is -0.118. The molecular formula is C28H31N3O4S. The molecule has 0 aliphatic carbocycles. The number of aliphatic hydroxyl groups excluding tert-OH is 2. The molecule has 0 saturated heterocycles. The van der Waals surface area contributed by atoms with Gasteiger partial charge < -0.3 is 25.7 Å². The quantitative estimate of drug-likeness (QED) is 0.339. The van der Waals surface area contributed by atoms with Crippen LogP contribution in [0.4, 0.5) is 5.00 Å². The SMILES string of the molecule is CN1C=C(C(=O)NC(CO)Cc2ccccc2)Cc2c(C(=O)NC(CO)Cc3ccccc3)csc21. The summed E-state index contributed by atoms with van der Waals surface area (Å²) in [4.78, 5) is 28.1. The highest BCUT2D eigenvalue weighted by Crippen LogP contribution is 2.36. The van der Waals surface area contributed by atoms with Gasteiger partial charge in [-0.3, -0.25) is 9.59 Å². The molecule has 3 aromatic rings. The monoisotopic (exact) mass is 505 g/mol. The van der Waals surface area contributed by atoms with Crippen LogP contribution in [0.2, 0.25) is 0 Å². The van der Waals surface area contributed by atoms with Crippen molar-refractivity contribution in [3.63, 3.8) is 0 Å². The van der Waals surface area contributed by atoms with Crippen LogP contribution in [0, 0.1) is 0 Å². The zero-order chi connectivity index (χ0) is 25.5. The molecule has 4 rings (SSSR count). The summed E-state index contributed by atoms with van der Waals surface area (Å²) in [5.41, 5.74) is 3.87. The predicted molar refractivity (Wildman–Crippen MR) is 142 cm³/mol. The lowest BCUT2D eigenvalue weighted by Gasteiger charge is -2.25. The highest BCUT2D eigenvalue weighted by molar-refractivity contribution is 7.14. The molecule has 0 saturated carbocycles. The smallest absolute Gasteiger partial charge is 0.252 e. The summed E-state index contributed by atoms with van der Waals surface area (Å²) in [6.07, 6.45) is 3.13. The molecule has 4 N–H and O–H groups in total. The van der Waals surface area contributed by atoms with Crippen molar-refractivity contribution in [2.45, 2.75) is 31.3 Å². The number of thiophene rings is 1. The van der Waals surface area contributed by atoms with Gasteiger partial charge >= 0.3 is 0 Å². The number of fused-ring (bicyclic) bond motifs is 1. The lowest BCUT2D eigenvalue weighted by atomic mass is 9.98. The molecule has 1 aliphatic heterocycles. The third-order valence-corrected chi connectivity index (χ3v) is 7.32. The van der Waals surface area contributed by atoms with E-state index in [-0.39, 0.29) is 25.0 Å². The van der Waals surface area contributed by atoms with Crippen molar-refractivity contribution in [3.05, 3.63) is 100 Å². The first kappa shape index (κ1) is 25.6. The van der Waals surface area contributed by atoms with Crippen molar-refractivity contribution in [2.24, 2.45) is 0 Å². The van der Waals surface area contributed by atoms with Gasteiger partial charge in [0.1, 0.15) is 0 Å². The molecule has 1 aliphatic rings. The predicted octanol–water partition coefficient (Wildman–Crippen LogP) is 2.68. The number of hydrogen-bond acceptors (Lipinski definition) is 6. The van der Waals surface area contributed by atoms with E-state index in [9.17, 15) is 19.8 Å². The Labute approximate surface area is 215 Å². The Morgan fingerprint density at radius 1 is 0.889 bits per heavy atom. The summed E-state index contributed by atoms with van der Waals surface area (Å²) in [5, 5.41) is 28.2. The van der Waals surface area contributed by atoms with E-state index in [2.05, 4.69) is 10.6 Å². The molecule has 0 spiro atoms. The average Bonchev–Trinajstić information content (AvgIpc) is 3.34. The third kappa shape index (κ3) is 6.20. The average molecular weight is 506 g/mol. The largest absolute Gasteiger partial charge is 0.394 e. The number of carbonyl (C=O) groups is 2. The molecule has 2 atom stereocenters. The first-order valence-corrected chi connectivity index (χ1v) is 12.8. The Bertz CT molecular complexity index is 1210. The number of amides is 2. The summed E-state index contributed by atoms with van der Waals surface area (Å²) < 4.78 is 0. The van der Waals surface area contributed by atoms with Crippen LogP contribution in [0.5, 0.6) is 0 Å². The number of nitrogens with zero attached hydrogens (tertiary/aromatic N) is 1. The number of hydrogen-bond donors (Lipinski definition) is 4. The molecule has 2 unspecified atom stereocenters. The van der Waals surface area contributed by atoms with Crippen LogP contribution in [0.3, 0.4) is 0 Å². The molecule has 36 heavy (non-hydrogen) atoms. The van der Waals surface area contributed by atoms with E-state index in [0.29, 0.717) is 30.4 Å². The third-order valence-electron chi connectivity index (χ3n) is 6.21. The van der Waals surface area contributed by atoms with E-state index < -0.39 is 12.1 Å². The number of anilines is 1. The van der Waals surface area contributed by atoms with E-state index in [1.54, 1.807) is 11.6 Å². The second-order valence-electron chi connectivity index (χ2n) is 8.96. The summed E-state index contributed by atoms with van der Waals surface area (Å²) in [7, 11) is 1.85. The van der Waals surface area contributed by atoms with Crippen LogP contribution in [-0.2, 0) is 24.1 Å². The second kappa shape index (κ2) is 12.0. The van der Waals surface area contributed by atoms with Crippen LogP contribution in [0.1, 0.15) is 27.0 Å². The minimum absolute atomic E-state index is 0.176. The molecule has 2 aromatic carbocycles. The van der Waals surface area contributed by atoms with Crippen molar-refractivity contribution < 1.29 is 19.8 Å². The highest BCUT2D eigenvalue weighted by atomic mass is 32.1. The van der Waals surface area contributed by atoms with Crippen LogP contribution >= 0.6 is 11.3 Å². The Hall–Kier alpha value is -3.46. The van der Waals surface area contributed by atoms with Gasteiger partial charge in [0.25, 0.3) is 5.91 Å². The highest BCUT2D eigenvalue weighted by Gasteiger charge is 2.28. The van der Waals surface area contributed by atoms with Gasteiger partial charge in [-0.15, -0.1) is 11.3 Å². The number of nitrogens with one attached hydrogen (secondary N) is 2. The van der Waals surface area contributed by atoms with Gasteiger partial charge in [-0.05, 0) is 24.0 Å². The van der Waals surface area contributed by atoms with E-state index in [1.807, 2.05) is 72.6 Å². The molecule has 7 nitrogen and oxygen atoms in total. The fraction of sp³-hybridized carbons (Fsp3) is 0.286. The van der Waals surface area contributed by atoms with Crippen molar-refractivity contribution in [1.82, 2.24) is 10.6 Å². The lowest BCUT2D eigenvalue weighted by Crippen LogP contribution is -2.41. The van der Waals surface area contributed by atoms with Crippen LogP contribution in [-0.4, -0.2) is 54.4 Å². The molecule has 8 heteroatoms. The summed E-state index contributed by atoms with van der Waals surface area (Å²) in [6, 6.07) is 18.6. The minimum Gasteiger partial charge on any atom is -0.394 e. The Balaban J connectivity index is 1.43. The first-order valence-electron chi connectivity index (χ1n) is 11.9. The van der Waals surface area contributed by atoms with Gasteiger partial charge in [0.05, 0.1) is 35.9 Å². The van der Waals surface area contributed by atoms with Gasteiger partial charge in [0.15, 0.2) is 0 Å². The van der Waals surface area contributed by atoms with Crippen LogP contribution < -0.4 is 15.5 Å². The maximum Gasteiger partial charge on any atom is 0.252 e. The number of benzene rings is 2. The van der Waals surface area contributed by atoms with Crippen molar-refractivity contribution >= 4 is 28.2 Å². The summed E-state index contributed by atoms with van der Waals surface area (Å²) in [5.74, 6) is -0.535. The Morgan fingerprint density at radius 3 is 1.94 bits per heavy atom. The molecule has 2 heterocycles. The van der Waals surface area contributed by atoms with Gasteiger partial charge in [-0.2, -0.15) is 0 Å². The molecule has 0 fully saturated rings. The maximum atomic E-state index is 13.2. The van der Waals surface area contributed by atoms with Crippen LogP contribution in [0.25, 0.3) is 0 Å². The molecule has 0 bridgehead atoms. The van der Waals surface area contributed by atoms with Crippen molar-refractivity contribution in [2.75, 3.05) is 25.2 Å². The normalized spacial score (nSPS) is 14.4. The second-order valence-corrected chi connectivity index (χ2v) is 9.82. The van der Waals surface area contributed by atoms with E-state index in [4.69, 9.17) is 0 Å². The Morgan fingerprint density at radius 2 is 1.42 bits per heavy atom. The molecule has 0 radical (unpaired) electrons. The van der Waals surface area contributed by atoms with Gasteiger partial charge in [-0.25, -0.2) is 0 Å². The topological polar surface area (TPSA) is 102 Å². The van der Waals surface area contributed by atoms with Gasteiger partial charge in [0, 0.05) is 36.2 Å². The minimum atomic E-state index is -0.418. The van der Waals surface area contributed by atoms with E-state index in [1.165, 1.54) is 11.3 Å². The summed E-state index contributed by atoms with van der Waals surface area (Å²) >= 11 is 1.45.